The number of carbonyl (C=O) groups is 4. The minimum Gasteiger partial charge on any atom is -0.480 e. The topological polar surface area (TPSA) is 122 Å². The minimum atomic E-state index is -1.37. The standard InChI is InChI=1S/C12H20N2O7/c1-14(6-4-5-9(15)20-2)12(19)13-8(11(17)18)7-10(16)21-3/h8H,4-7H2,1-3H3,(H,13,19)(H,17,18)/t8-/m0/s1. The zero-order valence-corrected chi connectivity index (χ0v) is 12.2. The number of carboxylic acid groups (broad SMARTS) is 1. The van der Waals surface area contributed by atoms with Gasteiger partial charge >= 0.3 is 23.9 Å². The lowest BCUT2D eigenvalue weighted by molar-refractivity contribution is -0.147. The van der Waals surface area contributed by atoms with Crippen LogP contribution in [0.15, 0.2) is 0 Å². The predicted molar refractivity (Wildman–Crippen MR) is 70.5 cm³/mol. The van der Waals surface area contributed by atoms with Gasteiger partial charge < -0.3 is 24.8 Å². The van der Waals surface area contributed by atoms with Crippen LogP contribution in [0.4, 0.5) is 4.79 Å². The monoisotopic (exact) mass is 304 g/mol. The number of aliphatic carboxylic acids is 1. The maximum absolute atomic E-state index is 11.8. The van der Waals surface area contributed by atoms with E-state index < -0.39 is 36.4 Å². The van der Waals surface area contributed by atoms with E-state index in [1.54, 1.807) is 0 Å². The van der Waals surface area contributed by atoms with Crippen molar-refractivity contribution in [2.45, 2.75) is 25.3 Å². The molecule has 0 saturated carbocycles. The van der Waals surface area contributed by atoms with Crippen molar-refractivity contribution in [2.24, 2.45) is 0 Å². The molecular weight excluding hydrogens is 284 g/mol. The largest absolute Gasteiger partial charge is 0.480 e. The summed E-state index contributed by atoms with van der Waals surface area (Å²) in [5, 5.41) is 11.1. The number of hydrogen-bond acceptors (Lipinski definition) is 6. The summed E-state index contributed by atoms with van der Waals surface area (Å²) in [5.74, 6) is -2.47. The number of nitrogens with zero attached hydrogens (tertiary/aromatic N) is 1. The van der Waals surface area contributed by atoms with E-state index in [0.717, 1.165) is 7.11 Å². The molecule has 0 heterocycles. The van der Waals surface area contributed by atoms with E-state index in [9.17, 15) is 19.2 Å². The third-order valence-corrected chi connectivity index (χ3v) is 2.64. The van der Waals surface area contributed by atoms with Crippen molar-refractivity contribution in [3.8, 4) is 0 Å². The number of ether oxygens (including phenoxy) is 2. The fourth-order valence-corrected chi connectivity index (χ4v) is 1.37. The molecule has 21 heavy (non-hydrogen) atoms. The zero-order valence-electron chi connectivity index (χ0n) is 12.2. The molecular formula is C12H20N2O7. The molecule has 0 saturated heterocycles. The number of carboxylic acids is 1. The SMILES string of the molecule is COC(=O)CCCN(C)C(=O)N[C@@H](CC(=O)OC)C(=O)O. The Morgan fingerprint density at radius 2 is 1.71 bits per heavy atom. The highest BCUT2D eigenvalue weighted by atomic mass is 16.5. The quantitative estimate of drug-likeness (QED) is 0.585. The number of hydrogen-bond donors (Lipinski definition) is 2. The first-order valence-electron chi connectivity index (χ1n) is 6.19. The predicted octanol–water partition coefficient (Wildman–Crippen LogP) is -0.403. The van der Waals surface area contributed by atoms with Crippen LogP contribution in [0.3, 0.4) is 0 Å². The number of urea groups is 1. The normalized spacial score (nSPS) is 11.2. The van der Waals surface area contributed by atoms with Crippen LogP contribution in [-0.4, -0.2) is 67.8 Å². The highest BCUT2D eigenvalue weighted by molar-refractivity contribution is 5.86. The van der Waals surface area contributed by atoms with Gasteiger partial charge in [0.1, 0.15) is 6.04 Å². The van der Waals surface area contributed by atoms with Crippen LogP contribution in [0.2, 0.25) is 0 Å². The molecule has 9 heteroatoms. The number of carbonyl (C=O) groups excluding carboxylic acids is 3. The number of methoxy groups -OCH3 is 2. The molecule has 0 bridgehead atoms. The van der Waals surface area contributed by atoms with Gasteiger partial charge in [0.25, 0.3) is 0 Å². The third-order valence-electron chi connectivity index (χ3n) is 2.64. The van der Waals surface area contributed by atoms with Gasteiger partial charge in [-0.2, -0.15) is 0 Å². The van der Waals surface area contributed by atoms with Crippen molar-refractivity contribution in [2.75, 3.05) is 27.8 Å². The molecule has 0 aliphatic carbocycles. The molecule has 0 aromatic rings. The summed E-state index contributed by atoms with van der Waals surface area (Å²) in [5.41, 5.74) is 0. The average molecular weight is 304 g/mol. The fraction of sp³-hybridized carbons (Fsp3) is 0.667. The van der Waals surface area contributed by atoms with Crippen LogP contribution in [0.25, 0.3) is 0 Å². The van der Waals surface area contributed by atoms with Crippen LogP contribution in [0, 0.1) is 0 Å². The Morgan fingerprint density at radius 3 is 2.19 bits per heavy atom. The van der Waals surface area contributed by atoms with Gasteiger partial charge in [0.15, 0.2) is 0 Å². The van der Waals surface area contributed by atoms with Gasteiger partial charge in [-0.05, 0) is 6.42 Å². The lowest BCUT2D eigenvalue weighted by Crippen LogP contribution is -2.47. The maximum Gasteiger partial charge on any atom is 0.326 e. The first-order chi connectivity index (χ1) is 9.81. The first-order valence-corrected chi connectivity index (χ1v) is 6.19. The van der Waals surface area contributed by atoms with Crippen molar-refractivity contribution in [3.05, 3.63) is 0 Å². The van der Waals surface area contributed by atoms with Crippen molar-refractivity contribution in [1.29, 1.82) is 0 Å². The molecule has 1 atom stereocenters. The Balaban J connectivity index is 4.31. The van der Waals surface area contributed by atoms with E-state index in [0.29, 0.717) is 6.42 Å². The van der Waals surface area contributed by atoms with Gasteiger partial charge in [0.2, 0.25) is 0 Å². The highest BCUT2D eigenvalue weighted by Crippen LogP contribution is 1.99. The lowest BCUT2D eigenvalue weighted by Gasteiger charge is -2.20. The third kappa shape index (κ3) is 7.75. The number of nitrogens with one attached hydrogen (secondary N) is 1. The number of amides is 2. The van der Waals surface area contributed by atoms with Gasteiger partial charge in [0, 0.05) is 20.0 Å². The lowest BCUT2D eigenvalue weighted by atomic mass is 10.2. The Bertz CT molecular complexity index is 397. The molecule has 0 aromatic carbocycles. The molecule has 9 nitrogen and oxygen atoms in total. The summed E-state index contributed by atoms with van der Waals surface area (Å²) in [6.07, 6.45) is 0.0670. The van der Waals surface area contributed by atoms with E-state index in [2.05, 4.69) is 14.8 Å². The fourth-order valence-electron chi connectivity index (χ4n) is 1.37. The molecule has 0 aliphatic heterocycles. The van der Waals surface area contributed by atoms with Crippen molar-refractivity contribution in [3.63, 3.8) is 0 Å². The smallest absolute Gasteiger partial charge is 0.326 e. The number of rotatable bonds is 8. The molecule has 120 valence electrons. The van der Waals surface area contributed by atoms with Gasteiger partial charge in [-0.25, -0.2) is 9.59 Å². The second-order valence-corrected chi connectivity index (χ2v) is 4.22. The summed E-state index contributed by atoms with van der Waals surface area (Å²) in [6.45, 7) is 0.242. The zero-order chi connectivity index (χ0) is 16.4. The van der Waals surface area contributed by atoms with E-state index >= 15 is 0 Å². The molecule has 0 radical (unpaired) electrons. The minimum absolute atomic E-state index is 0.151. The summed E-state index contributed by atoms with van der Waals surface area (Å²) >= 11 is 0. The Hall–Kier alpha value is -2.32. The van der Waals surface area contributed by atoms with Gasteiger partial charge in [-0.3, -0.25) is 9.59 Å². The Morgan fingerprint density at radius 1 is 1.14 bits per heavy atom. The molecule has 0 unspecified atom stereocenters. The maximum atomic E-state index is 11.8. The second-order valence-electron chi connectivity index (χ2n) is 4.22. The van der Waals surface area contributed by atoms with Crippen LogP contribution >= 0.6 is 0 Å². The number of esters is 2. The molecule has 0 rings (SSSR count). The first kappa shape index (κ1) is 18.7. The van der Waals surface area contributed by atoms with Gasteiger partial charge in [-0.15, -0.1) is 0 Å². The van der Waals surface area contributed by atoms with Gasteiger partial charge in [0.05, 0.1) is 20.6 Å². The van der Waals surface area contributed by atoms with Crippen LogP contribution in [0.5, 0.6) is 0 Å². The molecule has 2 amide bonds. The molecule has 0 spiro atoms. The van der Waals surface area contributed by atoms with Gasteiger partial charge in [-0.1, -0.05) is 0 Å². The van der Waals surface area contributed by atoms with Crippen molar-refractivity contribution >= 4 is 23.9 Å². The molecule has 0 aliphatic rings. The van der Waals surface area contributed by atoms with Crippen molar-refractivity contribution < 1.29 is 33.8 Å². The molecule has 0 fully saturated rings. The summed E-state index contributed by atoms with van der Waals surface area (Å²) < 4.78 is 8.82. The van der Waals surface area contributed by atoms with E-state index in [1.807, 2.05) is 0 Å². The highest BCUT2D eigenvalue weighted by Gasteiger charge is 2.25. The van der Waals surface area contributed by atoms with Crippen molar-refractivity contribution in [1.82, 2.24) is 10.2 Å². The van der Waals surface area contributed by atoms with Crippen LogP contribution in [0.1, 0.15) is 19.3 Å². The van der Waals surface area contributed by atoms with E-state index in [-0.39, 0.29) is 13.0 Å². The Kier molecular flexibility index (Phi) is 8.51. The van der Waals surface area contributed by atoms with Crippen LogP contribution in [-0.2, 0) is 23.9 Å². The van der Waals surface area contributed by atoms with E-state index in [4.69, 9.17) is 5.11 Å². The van der Waals surface area contributed by atoms with E-state index in [1.165, 1.54) is 19.1 Å². The summed E-state index contributed by atoms with van der Waals surface area (Å²) in [4.78, 5) is 45.9. The Labute approximate surface area is 122 Å². The molecule has 2 N–H and O–H groups in total. The summed E-state index contributed by atoms with van der Waals surface area (Å²) in [7, 11) is 3.84. The average Bonchev–Trinajstić information content (AvgIpc) is 2.45. The molecule has 0 aromatic heterocycles. The second kappa shape index (κ2) is 9.56. The van der Waals surface area contributed by atoms with Crippen LogP contribution < -0.4 is 5.32 Å². The summed E-state index contributed by atoms with van der Waals surface area (Å²) in [6, 6.07) is -2.02.